The molecule has 0 saturated carbocycles. The molecule has 0 unspecified atom stereocenters. The number of rotatable bonds is 5. The van der Waals surface area contributed by atoms with Crippen LogP contribution in [0.4, 0.5) is 0 Å². The van der Waals surface area contributed by atoms with Gasteiger partial charge in [-0.1, -0.05) is 24.3 Å². The third kappa shape index (κ3) is 2.97. The first kappa shape index (κ1) is 14.8. The maximum absolute atomic E-state index is 12.1. The summed E-state index contributed by atoms with van der Waals surface area (Å²) in [5.74, 6) is 0.990. The molecule has 0 atom stereocenters. The Balaban J connectivity index is 1.32. The average molecular weight is 321 g/mol. The molecule has 5 nitrogen and oxygen atoms in total. The van der Waals surface area contributed by atoms with Gasteiger partial charge >= 0.3 is 0 Å². The highest BCUT2D eigenvalue weighted by Gasteiger charge is 2.13. The van der Waals surface area contributed by atoms with Gasteiger partial charge in [0, 0.05) is 19.5 Å². The lowest BCUT2D eigenvalue weighted by atomic mass is 10.1. The van der Waals surface area contributed by atoms with Crippen LogP contribution in [0, 0.1) is 0 Å². The van der Waals surface area contributed by atoms with Crippen LogP contribution in [-0.2, 0) is 24.2 Å². The lowest BCUT2D eigenvalue weighted by Crippen LogP contribution is -2.28. The molecule has 4 rings (SSSR count). The number of carbonyl (C=O) groups excluding carboxylic acids is 1. The molecule has 24 heavy (non-hydrogen) atoms. The topological polar surface area (TPSA) is 56.1 Å². The first-order chi connectivity index (χ1) is 11.8. The van der Waals surface area contributed by atoms with E-state index in [1.165, 1.54) is 5.56 Å². The number of hydrogen-bond acceptors (Lipinski definition) is 3. The average Bonchev–Trinajstić information content (AvgIpc) is 3.21. The number of imidazole rings is 1. The molecule has 1 amide bonds. The number of para-hydroxylation sites is 2. The fourth-order valence-corrected chi connectivity index (χ4v) is 3.10. The van der Waals surface area contributed by atoms with Crippen molar-refractivity contribution in [3.8, 4) is 5.75 Å². The van der Waals surface area contributed by atoms with Crippen LogP contribution >= 0.6 is 0 Å². The molecular formula is C19H19N3O2. The number of hydrogen-bond donors (Lipinski definition) is 1. The Bertz CT molecular complexity index is 885. The summed E-state index contributed by atoms with van der Waals surface area (Å²) in [7, 11) is 0. The van der Waals surface area contributed by atoms with Crippen molar-refractivity contribution >= 4 is 16.9 Å². The lowest BCUT2D eigenvalue weighted by Gasteiger charge is -2.08. The molecule has 0 aliphatic carbocycles. The van der Waals surface area contributed by atoms with Crippen LogP contribution in [0.15, 0.2) is 48.8 Å². The van der Waals surface area contributed by atoms with Crippen LogP contribution in [0.2, 0.25) is 0 Å². The minimum atomic E-state index is 0.0401. The predicted octanol–water partition coefficient (Wildman–Crippen LogP) is 2.33. The summed E-state index contributed by atoms with van der Waals surface area (Å²) in [6.45, 7) is 2.04. The van der Waals surface area contributed by atoms with Crippen molar-refractivity contribution in [2.24, 2.45) is 0 Å². The molecule has 0 spiro atoms. The first-order valence-corrected chi connectivity index (χ1v) is 8.21. The third-order valence-corrected chi connectivity index (χ3v) is 4.32. The van der Waals surface area contributed by atoms with E-state index in [0.29, 0.717) is 19.5 Å². The Morgan fingerprint density at radius 1 is 1.25 bits per heavy atom. The van der Waals surface area contributed by atoms with Gasteiger partial charge < -0.3 is 14.6 Å². The summed E-state index contributed by atoms with van der Waals surface area (Å²) in [5, 5.41) is 2.98. The number of benzene rings is 2. The predicted molar refractivity (Wildman–Crippen MR) is 92.1 cm³/mol. The summed E-state index contributed by atoms with van der Waals surface area (Å²) in [4.78, 5) is 16.5. The lowest BCUT2D eigenvalue weighted by molar-refractivity contribution is -0.120. The number of aromatic nitrogens is 2. The molecule has 1 aliphatic heterocycles. The van der Waals surface area contributed by atoms with Gasteiger partial charge in [0.25, 0.3) is 0 Å². The highest BCUT2D eigenvalue weighted by Crippen LogP contribution is 2.25. The fourth-order valence-electron chi connectivity index (χ4n) is 3.10. The quantitative estimate of drug-likeness (QED) is 0.785. The Labute approximate surface area is 140 Å². The maximum Gasteiger partial charge on any atom is 0.224 e. The Morgan fingerprint density at radius 2 is 2.17 bits per heavy atom. The van der Waals surface area contributed by atoms with Gasteiger partial charge in [-0.25, -0.2) is 4.98 Å². The van der Waals surface area contributed by atoms with E-state index in [-0.39, 0.29) is 5.91 Å². The van der Waals surface area contributed by atoms with Crippen LogP contribution in [0.3, 0.4) is 0 Å². The zero-order chi connectivity index (χ0) is 16.4. The minimum absolute atomic E-state index is 0.0401. The van der Waals surface area contributed by atoms with Gasteiger partial charge in [-0.2, -0.15) is 0 Å². The molecule has 0 bridgehead atoms. The molecule has 5 heteroatoms. The molecule has 0 saturated heterocycles. The number of nitrogens with one attached hydrogen (secondary N) is 1. The van der Waals surface area contributed by atoms with Gasteiger partial charge in [0.2, 0.25) is 5.91 Å². The van der Waals surface area contributed by atoms with E-state index >= 15 is 0 Å². The highest BCUT2D eigenvalue weighted by molar-refractivity contribution is 5.78. The summed E-state index contributed by atoms with van der Waals surface area (Å²) >= 11 is 0. The largest absolute Gasteiger partial charge is 0.493 e. The minimum Gasteiger partial charge on any atom is -0.493 e. The molecule has 3 aromatic rings. The van der Waals surface area contributed by atoms with Gasteiger partial charge in [-0.3, -0.25) is 4.79 Å². The summed E-state index contributed by atoms with van der Waals surface area (Å²) in [5.41, 5.74) is 4.30. The van der Waals surface area contributed by atoms with Crippen LogP contribution in [0.5, 0.6) is 5.75 Å². The van der Waals surface area contributed by atoms with Crippen molar-refractivity contribution < 1.29 is 9.53 Å². The van der Waals surface area contributed by atoms with Crippen molar-refractivity contribution in [1.82, 2.24) is 14.9 Å². The third-order valence-electron chi connectivity index (χ3n) is 4.32. The second-order valence-corrected chi connectivity index (χ2v) is 5.99. The van der Waals surface area contributed by atoms with Gasteiger partial charge in [0.1, 0.15) is 5.75 Å². The van der Waals surface area contributed by atoms with Gasteiger partial charge in [0.05, 0.1) is 30.4 Å². The Morgan fingerprint density at radius 3 is 3.12 bits per heavy atom. The molecule has 0 fully saturated rings. The van der Waals surface area contributed by atoms with Crippen LogP contribution in [0.1, 0.15) is 11.1 Å². The number of carbonyl (C=O) groups is 1. The Kier molecular flexibility index (Phi) is 3.91. The molecular weight excluding hydrogens is 302 g/mol. The van der Waals surface area contributed by atoms with Crippen LogP contribution < -0.4 is 10.1 Å². The molecule has 122 valence electrons. The van der Waals surface area contributed by atoms with Crippen molar-refractivity contribution in [1.29, 1.82) is 0 Å². The molecule has 1 aliphatic rings. The van der Waals surface area contributed by atoms with Crippen molar-refractivity contribution in [2.75, 3.05) is 13.2 Å². The number of ether oxygens (including phenoxy) is 1. The molecule has 0 radical (unpaired) electrons. The van der Waals surface area contributed by atoms with E-state index in [9.17, 15) is 4.79 Å². The van der Waals surface area contributed by atoms with Crippen molar-refractivity contribution in [3.63, 3.8) is 0 Å². The van der Waals surface area contributed by atoms with E-state index < -0.39 is 0 Å². The van der Waals surface area contributed by atoms with E-state index in [0.717, 1.165) is 35.4 Å². The summed E-state index contributed by atoms with van der Waals surface area (Å²) in [6.07, 6.45) is 3.15. The zero-order valence-electron chi connectivity index (χ0n) is 13.4. The fraction of sp³-hybridized carbons (Fsp3) is 0.263. The first-order valence-electron chi connectivity index (χ1n) is 8.21. The van der Waals surface area contributed by atoms with E-state index in [1.807, 2.05) is 42.7 Å². The molecule has 2 heterocycles. The molecule has 1 aromatic heterocycles. The summed E-state index contributed by atoms with van der Waals surface area (Å²) < 4.78 is 7.55. The van der Waals surface area contributed by atoms with Gasteiger partial charge in [-0.15, -0.1) is 0 Å². The molecule has 2 aromatic carbocycles. The van der Waals surface area contributed by atoms with Crippen LogP contribution in [0.25, 0.3) is 11.0 Å². The molecule has 1 N–H and O–H groups in total. The van der Waals surface area contributed by atoms with Crippen LogP contribution in [-0.4, -0.2) is 28.6 Å². The number of amides is 1. The van der Waals surface area contributed by atoms with E-state index in [2.05, 4.69) is 20.9 Å². The van der Waals surface area contributed by atoms with Gasteiger partial charge in [-0.05, 0) is 29.3 Å². The highest BCUT2D eigenvalue weighted by atomic mass is 16.5. The maximum atomic E-state index is 12.1. The normalized spacial score (nSPS) is 12.8. The monoisotopic (exact) mass is 321 g/mol. The van der Waals surface area contributed by atoms with Crippen molar-refractivity contribution in [2.45, 2.75) is 19.4 Å². The summed E-state index contributed by atoms with van der Waals surface area (Å²) in [6, 6.07) is 14.0. The Hall–Kier alpha value is -2.82. The number of fused-ring (bicyclic) bond motifs is 2. The SMILES string of the molecule is O=C(Cc1ccc2c(c1)CCO2)NCCn1cnc2ccccc21. The zero-order valence-corrected chi connectivity index (χ0v) is 13.4. The van der Waals surface area contributed by atoms with Gasteiger partial charge in [0.15, 0.2) is 0 Å². The van der Waals surface area contributed by atoms with E-state index in [4.69, 9.17) is 4.74 Å². The smallest absolute Gasteiger partial charge is 0.224 e. The standard InChI is InChI=1S/C19H19N3O2/c23-19(12-14-5-6-18-15(11-14)7-10-24-18)20-8-9-22-13-21-16-3-1-2-4-17(16)22/h1-6,11,13H,7-10,12H2,(H,20,23). The van der Waals surface area contributed by atoms with Crippen molar-refractivity contribution in [3.05, 3.63) is 59.9 Å². The number of nitrogens with zero attached hydrogens (tertiary/aromatic N) is 2. The second kappa shape index (κ2) is 6.35. The van der Waals surface area contributed by atoms with E-state index in [1.54, 1.807) is 0 Å². The second-order valence-electron chi connectivity index (χ2n) is 5.99.